The first-order valence-corrected chi connectivity index (χ1v) is 8.42. The van der Waals surface area contributed by atoms with Crippen molar-refractivity contribution in [3.05, 3.63) is 29.8 Å². The van der Waals surface area contributed by atoms with E-state index >= 15 is 0 Å². The predicted octanol–water partition coefficient (Wildman–Crippen LogP) is 2.42. The van der Waals surface area contributed by atoms with E-state index in [1.165, 1.54) is 12.1 Å². The van der Waals surface area contributed by atoms with E-state index in [9.17, 15) is 14.7 Å². The van der Waals surface area contributed by atoms with Crippen molar-refractivity contribution in [2.75, 3.05) is 19.7 Å². The minimum Gasteiger partial charge on any atom is -0.508 e. The second-order valence-corrected chi connectivity index (χ2v) is 5.60. The predicted molar refractivity (Wildman–Crippen MR) is 93.0 cm³/mol. The maximum Gasteiger partial charge on any atom is 0.407 e. The molecule has 0 fully saturated rings. The number of nitrogens with one attached hydrogen (secondary N) is 2. The van der Waals surface area contributed by atoms with Crippen LogP contribution in [0.2, 0.25) is 0 Å². The number of hydrogen-bond donors (Lipinski definition) is 3. The number of benzene rings is 1. The molecule has 1 aromatic rings. The van der Waals surface area contributed by atoms with Crippen molar-refractivity contribution in [1.29, 1.82) is 5.26 Å². The Morgan fingerprint density at radius 3 is 2.56 bits per heavy atom. The van der Waals surface area contributed by atoms with Gasteiger partial charge in [0.15, 0.2) is 0 Å². The third-order valence-corrected chi connectivity index (χ3v) is 3.64. The number of ether oxygens (including phenoxy) is 1. The summed E-state index contributed by atoms with van der Waals surface area (Å²) >= 11 is 0. The minimum absolute atomic E-state index is 0.0375. The third-order valence-electron chi connectivity index (χ3n) is 3.64. The number of unbranched alkanes of at least 4 members (excludes halogenated alkanes) is 3. The molecule has 0 saturated heterocycles. The Morgan fingerprint density at radius 2 is 1.92 bits per heavy atom. The van der Waals surface area contributed by atoms with E-state index in [2.05, 4.69) is 17.6 Å². The number of carbonyl (C=O) groups excluding carboxylic acids is 2. The lowest BCUT2D eigenvalue weighted by Crippen LogP contribution is -2.37. The first kappa shape index (κ1) is 20.3. The van der Waals surface area contributed by atoms with Gasteiger partial charge in [0.25, 0.3) is 0 Å². The Morgan fingerprint density at radius 1 is 1.20 bits per heavy atom. The zero-order valence-electron chi connectivity index (χ0n) is 14.5. The number of aromatic hydroxyl groups is 1. The molecule has 3 N–H and O–H groups in total. The minimum atomic E-state index is -0.679. The maximum absolute atomic E-state index is 12.2. The number of amides is 2. The molecule has 7 heteroatoms. The SMILES string of the molecule is CCCCCCOC(=O)NCC(C(=O)NCC#N)c1ccc(O)cc1. The molecule has 1 unspecified atom stereocenters. The molecule has 0 aliphatic rings. The summed E-state index contributed by atoms with van der Waals surface area (Å²) in [6.45, 7) is 2.37. The molecule has 0 saturated carbocycles. The fourth-order valence-electron chi connectivity index (χ4n) is 2.25. The van der Waals surface area contributed by atoms with Crippen molar-refractivity contribution >= 4 is 12.0 Å². The van der Waals surface area contributed by atoms with Gasteiger partial charge in [0.05, 0.1) is 18.6 Å². The average Bonchev–Trinajstić information content (AvgIpc) is 2.61. The van der Waals surface area contributed by atoms with Crippen molar-refractivity contribution in [2.45, 2.75) is 38.5 Å². The van der Waals surface area contributed by atoms with Crippen LogP contribution in [0.3, 0.4) is 0 Å². The van der Waals surface area contributed by atoms with E-state index in [1.807, 2.05) is 6.07 Å². The van der Waals surface area contributed by atoms with E-state index < -0.39 is 12.0 Å². The molecule has 0 aliphatic carbocycles. The first-order valence-electron chi connectivity index (χ1n) is 8.42. The molecule has 1 rings (SSSR count). The van der Waals surface area contributed by atoms with Gasteiger partial charge >= 0.3 is 6.09 Å². The van der Waals surface area contributed by atoms with Crippen LogP contribution in [0.25, 0.3) is 0 Å². The number of carbonyl (C=O) groups is 2. The largest absolute Gasteiger partial charge is 0.508 e. The first-order chi connectivity index (χ1) is 12.1. The summed E-state index contributed by atoms with van der Waals surface area (Å²) < 4.78 is 5.08. The lowest BCUT2D eigenvalue weighted by atomic mass is 9.98. The van der Waals surface area contributed by atoms with Gasteiger partial charge in [-0.1, -0.05) is 38.3 Å². The van der Waals surface area contributed by atoms with Crippen molar-refractivity contribution in [3.8, 4) is 11.8 Å². The molecule has 0 bridgehead atoms. The van der Waals surface area contributed by atoms with Gasteiger partial charge in [0.2, 0.25) is 5.91 Å². The van der Waals surface area contributed by atoms with Gasteiger partial charge in [-0.2, -0.15) is 5.26 Å². The third kappa shape index (κ3) is 8.06. The lowest BCUT2D eigenvalue weighted by molar-refractivity contribution is -0.122. The summed E-state index contributed by atoms with van der Waals surface area (Å²) in [5, 5.41) is 23.0. The van der Waals surface area contributed by atoms with E-state index in [4.69, 9.17) is 10.00 Å². The summed E-state index contributed by atoms with van der Waals surface area (Å²) in [7, 11) is 0. The fraction of sp³-hybridized carbons (Fsp3) is 0.500. The molecule has 25 heavy (non-hydrogen) atoms. The number of nitrogens with zero attached hydrogens (tertiary/aromatic N) is 1. The van der Waals surface area contributed by atoms with Crippen LogP contribution in [0, 0.1) is 11.3 Å². The van der Waals surface area contributed by atoms with E-state index in [0.29, 0.717) is 12.2 Å². The van der Waals surface area contributed by atoms with Gasteiger partial charge in [-0.3, -0.25) is 4.79 Å². The Bertz CT molecular complexity index is 581. The highest BCUT2D eigenvalue weighted by Gasteiger charge is 2.21. The van der Waals surface area contributed by atoms with Gasteiger partial charge < -0.3 is 20.5 Å². The Kier molecular flexibility index (Phi) is 9.53. The molecular weight excluding hydrogens is 322 g/mol. The van der Waals surface area contributed by atoms with Gasteiger partial charge in [0.1, 0.15) is 12.3 Å². The molecule has 0 aromatic heterocycles. The van der Waals surface area contributed by atoms with Gasteiger partial charge in [-0.25, -0.2) is 4.79 Å². The average molecular weight is 347 g/mol. The Hall–Kier alpha value is -2.75. The van der Waals surface area contributed by atoms with Crippen molar-refractivity contribution in [3.63, 3.8) is 0 Å². The summed E-state index contributed by atoms with van der Waals surface area (Å²) in [4.78, 5) is 24.0. The molecular formula is C18H25N3O4. The number of nitriles is 1. The molecule has 2 amide bonds. The second kappa shape index (κ2) is 11.7. The smallest absolute Gasteiger partial charge is 0.407 e. The molecule has 0 heterocycles. The zero-order chi connectivity index (χ0) is 18.5. The standard InChI is InChI=1S/C18H25N3O4/c1-2-3-4-5-12-25-18(24)21-13-16(17(23)20-11-10-19)14-6-8-15(22)9-7-14/h6-9,16,22H,2-5,11-13H2,1H3,(H,20,23)(H,21,24). The topological polar surface area (TPSA) is 111 Å². The van der Waals surface area contributed by atoms with Crippen molar-refractivity contribution in [2.24, 2.45) is 0 Å². The van der Waals surface area contributed by atoms with E-state index in [0.717, 1.165) is 25.7 Å². The summed E-state index contributed by atoms with van der Waals surface area (Å²) in [5.41, 5.74) is 0.622. The number of hydrogen-bond acceptors (Lipinski definition) is 5. The monoisotopic (exact) mass is 347 g/mol. The fourth-order valence-corrected chi connectivity index (χ4v) is 2.25. The van der Waals surface area contributed by atoms with Crippen molar-refractivity contribution < 1.29 is 19.4 Å². The molecule has 0 spiro atoms. The van der Waals surface area contributed by atoms with Crippen LogP contribution in [-0.4, -0.2) is 36.8 Å². The molecule has 1 aromatic carbocycles. The number of phenols is 1. The maximum atomic E-state index is 12.2. The van der Waals surface area contributed by atoms with Gasteiger partial charge in [0, 0.05) is 6.54 Å². The molecule has 0 radical (unpaired) electrons. The lowest BCUT2D eigenvalue weighted by Gasteiger charge is -2.17. The van der Waals surface area contributed by atoms with Gasteiger partial charge in [-0.05, 0) is 24.1 Å². The molecule has 7 nitrogen and oxygen atoms in total. The van der Waals surface area contributed by atoms with Crippen LogP contribution in [-0.2, 0) is 9.53 Å². The number of rotatable bonds is 10. The highest BCUT2D eigenvalue weighted by molar-refractivity contribution is 5.84. The zero-order valence-corrected chi connectivity index (χ0v) is 14.5. The van der Waals surface area contributed by atoms with Crippen molar-refractivity contribution in [1.82, 2.24) is 10.6 Å². The summed E-state index contributed by atoms with van der Waals surface area (Å²) in [5.74, 6) is -0.976. The van der Waals surface area contributed by atoms with Crippen LogP contribution in [0.4, 0.5) is 4.79 Å². The number of phenolic OH excluding ortho intramolecular Hbond substituents is 1. The summed E-state index contributed by atoms with van der Waals surface area (Å²) in [6, 6.07) is 7.97. The van der Waals surface area contributed by atoms with Crippen LogP contribution < -0.4 is 10.6 Å². The second-order valence-electron chi connectivity index (χ2n) is 5.60. The Balaban J connectivity index is 2.56. The van der Waals surface area contributed by atoms with Crippen LogP contribution in [0.5, 0.6) is 5.75 Å². The molecule has 136 valence electrons. The van der Waals surface area contributed by atoms with E-state index in [1.54, 1.807) is 12.1 Å². The van der Waals surface area contributed by atoms with E-state index in [-0.39, 0.29) is 24.7 Å². The van der Waals surface area contributed by atoms with Crippen LogP contribution in [0.1, 0.15) is 44.1 Å². The molecule has 0 aliphatic heterocycles. The summed E-state index contributed by atoms with van der Waals surface area (Å²) in [6.07, 6.45) is 3.46. The quantitative estimate of drug-likeness (QED) is 0.444. The van der Waals surface area contributed by atoms with Crippen LogP contribution >= 0.6 is 0 Å². The molecule has 1 atom stereocenters. The van der Waals surface area contributed by atoms with Gasteiger partial charge in [-0.15, -0.1) is 0 Å². The highest BCUT2D eigenvalue weighted by atomic mass is 16.5. The van der Waals surface area contributed by atoms with Crippen LogP contribution in [0.15, 0.2) is 24.3 Å². The normalized spacial score (nSPS) is 11.2. The highest BCUT2D eigenvalue weighted by Crippen LogP contribution is 2.19. The Labute approximate surface area is 148 Å². The number of alkyl carbamates (subject to hydrolysis) is 1.